The highest BCUT2D eigenvalue weighted by molar-refractivity contribution is 9.10. The van der Waals surface area contributed by atoms with Crippen LogP contribution in [0.25, 0.3) is 0 Å². The van der Waals surface area contributed by atoms with Crippen molar-refractivity contribution in [2.45, 2.75) is 23.3 Å². The van der Waals surface area contributed by atoms with Crippen LogP contribution >= 0.6 is 15.9 Å². The molecule has 0 atom stereocenters. The molecule has 5 nitrogen and oxygen atoms in total. The van der Waals surface area contributed by atoms with E-state index in [0.29, 0.717) is 10.2 Å². The number of nitrogens with zero attached hydrogens (tertiary/aromatic N) is 1. The van der Waals surface area contributed by atoms with Gasteiger partial charge in [0.05, 0.1) is 17.1 Å². The van der Waals surface area contributed by atoms with Gasteiger partial charge in [-0.2, -0.15) is 0 Å². The molecule has 0 N–H and O–H groups in total. The number of hydrogen-bond donors (Lipinski definition) is 0. The summed E-state index contributed by atoms with van der Waals surface area (Å²) >= 11 is 3.27. The third-order valence-electron chi connectivity index (χ3n) is 4.36. The molecule has 29 heavy (non-hydrogen) atoms. The van der Waals surface area contributed by atoms with E-state index in [1.807, 2.05) is 43.3 Å². The van der Waals surface area contributed by atoms with E-state index >= 15 is 0 Å². The molecule has 152 valence electrons. The molecule has 0 aliphatic carbocycles. The average molecular weight is 494 g/mol. The van der Waals surface area contributed by atoms with Crippen LogP contribution in [0.4, 0.5) is 5.69 Å². The fourth-order valence-corrected chi connectivity index (χ4v) is 6.00. The van der Waals surface area contributed by atoms with Gasteiger partial charge < -0.3 is 0 Å². The Morgan fingerprint density at radius 2 is 1.55 bits per heavy atom. The lowest BCUT2D eigenvalue weighted by molar-refractivity contribution is 0.589. The molecule has 0 aromatic heterocycles. The lowest BCUT2D eigenvalue weighted by atomic mass is 10.2. The average Bonchev–Trinajstić information content (AvgIpc) is 2.66. The molecular weight excluding hydrogens is 474 g/mol. The van der Waals surface area contributed by atoms with E-state index in [1.165, 1.54) is 22.5 Å². The van der Waals surface area contributed by atoms with Crippen LogP contribution in [0, 0.1) is 6.92 Å². The summed E-state index contributed by atoms with van der Waals surface area (Å²) in [5, 5.41) is 0. The van der Waals surface area contributed by atoms with Crippen molar-refractivity contribution in [2.75, 3.05) is 10.6 Å². The van der Waals surface area contributed by atoms with Crippen LogP contribution in [0.1, 0.15) is 11.1 Å². The van der Waals surface area contributed by atoms with Crippen LogP contribution in [0.5, 0.6) is 0 Å². The molecule has 3 aromatic rings. The van der Waals surface area contributed by atoms with E-state index < -0.39 is 19.9 Å². The molecular formula is C21H20BrNO4S2. The first-order valence-corrected chi connectivity index (χ1v) is 12.8. The lowest BCUT2D eigenvalue weighted by Gasteiger charge is -2.26. The van der Waals surface area contributed by atoms with Gasteiger partial charge in [-0.3, -0.25) is 4.31 Å². The van der Waals surface area contributed by atoms with E-state index in [1.54, 1.807) is 18.2 Å². The van der Waals surface area contributed by atoms with Gasteiger partial charge in [0.1, 0.15) is 4.90 Å². The highest BCUT2D eigenvalue weighted by Gasteiger charge is 2.28. The second kappa shape index (κ2) is 8.30. The Hall–Kier alpha value is -2.16. The maximum absolute atomic E-state index is 13.6. The minimum Gasteiger partial charge on any atom is -0.262 e. The van der Waals surface area contributed by atoms with Crippen molar-refractivity contribution >= 4 is 41.5 Å². The van der Waals surface area contributed by atoms with E-state index in [-0.39, 0.29) is 16.3 Å². The van der Waals surface area contributed by atoms with Gasteiger partial charge in [-0.15, -0.1) is 0 Å². The van der Waals surface area contributed by atoms with Crippen LogP contribution < -0.4 is 4.31 Å². The van der Waals surface area contributed by atoms with Gasteiger partial charge in [0.25, 0.3) is 10.0 Å². The number of halogens is 1. The summed E-state index contributed by atoms with van der Waals surface area (Å²) in [4.78, 5) is -0.152. The van der Waals surface area contributed by atoms with Crippen molar-refractivity contribution in [2.24, 2.45) is 0 Å². The second-order valence-electron chi connectivity index (χ2n) is 6.70. The number of benzene rings is 3. The highest BCUT2D eigenvalue weighted by Crippen LogP contribution is 2.32. The predicted octanol–water partition coefficient (Wildman–Crippen LogP) is 4.56. The van der Waals surface area contributed by atoms with Crippen LogP contribution in [-0.4, -0.2) is 23.1 Å². The van der Waals surface area contributed by atoms with Crippen LogP contribution in [0.3, 0.4) is 0 Å². The van der Waals surface area contributed by atoms with Crippen molar-refractivity contribution in [3.8, 4) is 0 Å². The fourth-order valence-electron chi connectivity index (χ4n) is 2.88. The number of sulfone groups is 1. The third-order valence-corrected chi connectivity index (χ3v) is 8.24. The number of hydrogen-bond acceptors (Lipinski definition) is 4. The molecule has 0 radical (unpaired) electrons. The zero-order chi connectivity index (χ0) is 21.2. The number of aryl methyl sites for hydroxylation is 1. The first kappa shape index (κ1) is 21.5. The lowest BCUT2D eigenvalue weighted by Crippen LogP contribution is -2.31. The molecule has 0 aliphatic rings. The molecule has 0 amide bonds. The molecule has 0 aliphatic heterocycles. The van der Waals surface area contributed by atoms with Gasteiger partial charge in [0, 0.05) is 10.7 Å². The summed E-state index contributed by atoms with van der Waals surface area (Å²) in [5.41, 5.74) is 2.23. The molecule has 0 fully saturated rings. The van der Waals surface area contributed by atoms with Gasteiger partial charge in [0.15, 0.2) is 9.84 Å². The quantitative estimate of drug-likeness (QED) is 0.504. The predicted molar refractivity (Wildman–Crippen MR) is 118 cm³/mol. The maximum atomic E-state index is 13.6. The molecule has 0 saturated carbocycles. The van der Waals surface area contributed by atoms with E-state index in [0.717, 1.165) is 17.4 Å². The maximum Gasteiger partial charge on any atom is 0.265 e. The Labute approximate surface area is 180 Å². The fraction of sp³-hybridized carbons (Fsp3) is 0.143. The zero-order valence-corrected chi connectivity index (χ0v) is 19.1. The van der Waals surface area contributed by atoms with Gasteiger partial charge in [-0.1, -0.05) is 42.5 Å². The largest absolute Gasteiger partial charge is 0.265 e. The van der Waals surface area contributed by atoms with Crippen molar-refractivity contribution in [1.82, 2.24) is 0 Å². The monoisotopic (exact) mass is 493 g/mol. The molecule has 3 rings (SSSR count). The Balaban J connectivity index is 2.19. The first-order valence-electron chi connectivity index (χ1n) is 8.72. The highest BCUT2D eigenvalue weighted by atomic mass is 79.9. The molecule has 0 unspecified atom stereocenters. The van der Waals surface area contributed by atoms with Gasteiger partial charge in [0.2, 0.25) is 0 Å². The summed E-state index contributed by atoms with van der Waals surface area (Å²) in [7, 11) is -7.62. The van der Waals surface area contributed by atoms with E-state index in [2.05, 4.69) is 15.9 Å². The van der Waals surface area contributed by atoms with E-state index in [9.17, 15) is 16.8 Å². The normalized spacial score (nSPS) is 12.0. The topological polar surface area (TPSA) is 71.5 Å². The van der Waals surface area contributed by atoms with E-state index in [4.69, 9.17) is 0 Å². The van der Waals surface area contributed by atoms with Crippen LogP contribution in [-0.2, 0) is 26.4 Å². The smallest absolute Gasteiger partial charge is 0.262 e. The first-order chi connectivity index (χ1) is 13.6. The van der Waals surface area contributed by atoms with Gasteiger partial charge in [-0.05, 0) is 64.3 Å². The number of anilines is 1. The Bertz CT molecular complexity index is 1240. The van der Waals surface area contributed by atoms with Gasteiger partial charge >= 0.3 is 0 Å². The number of rotatable bonds is 6. The van der Waals surface area contributed by atoms with Crippen molar-refractivity contribution in [1.29, 1.82) is 0 Å². The van der Waals surface area contributed by atoms with Crippen LogP contribution in [0.2, 0.25) is 0 Å². The molecule has 8 heteroatoms. The summed E-state index contributed by atoms with van der Waals surface area (Å²) in [5.74, 6) is 0. The molecule has 0 saturated heterocycles. The second-order valence-corrected chi connectivity index (χ2v) is 11.4. The third kappa shape index (κ3) is 4.88. The number of sulfonamides is 1. The molecule has 0 bridgehead atoms. The van der Waals surface area contributed by atoms with Gasteiger partial charge in [-0.25, -0.2) is 16.8 Å². The summed E-state index contributed by atoms with van der Waals surface area (Å²) in [6, 6.07) is 20.5. The molecule has 0 spiro atoms. The zero-order valence-electron chi connectivity index (χ0n) is 15.9. The van der Waals surface area contributed by atoms with Crippen molar-refractivity contribution in [3.63, 3.8) is 0 Å². The SMILES string of the molecule is Cc1cccc(N(Cc2ccccc2)S(=O)(=O)c2cc(S(C)(=O)=O)ccc2Br)c1. The van der Waals surface area contributed by atoms with Crippen molar-refractivity contribution < 1.29 is 16.8 Å². The minimum absolute atomic E-state index is 0.0526. The Morgan fingerprint density at radius 1 is 0.862 bits per heavy atom. The standard InChI is InChI=1S/C21H20BrNO4S2/c1-16-7-6-10-18(13-16)23(15-17-8-4-3-5-9-17)29(26,27)21-14-19(28(2,24)25)11-12-20(21)22/h3-14H,15H2,1-2H3. The summed E-state index contributed by atoms with van der Waals surface area (Å²) in [6.45, 7) is 2.00. The summed E-state index contributed by atoms with van der Waals surface area (Å²) in [6.07, 6.45) is 1.05. The molecule has 0 heterocycles. The Kier molecular flexibility index (Phi) is 6.16. The van der Waals surface area contributed by atoms with Crippen LogP contribution in [0.15, 0.2) is 87.1 Å². The Morgan fingerprint density at radius 3 is 2.17 bits per heavy atom. The minimum atomic E-state index is -4.06. The molecule has 3 aromatic carbocycles. The van der Waals surface area contributed by atoms with Crippen molar-refractivity contribution in [3.05, 3.63) is 88.4 Å². The summed E-state index contributed by atoms with van der Waals surface area (Å²) < 4.78 is 52.8.